The molecule has 0 bridgehead atoms. The van der Waals surface area contributed by atoms with Crippen LogP contribution in [0.15, 0.2) is 24.3 Å². The van der Waals surface area contributed by atoms with Crippen LogP contribution >= 0.6 is 0 Å². The molecule has 1 fully saturated rings. The maximum atomic E-state index is 5.91. The lowest BCUT2D eigenvalue weighted by atomic mass is 10.2. The number of rotatable bonds is 2. The molecule has 3 rings (SSSR count). The maximum Gasteiger partial charge on any atom is 0.111 e. The van der Waals surface area contributed by atoms with Gasteiger partial charge in [0, 0.05) is 19.6 Å². The van der Waals surface area contributed by atoms with Crippen molar-refractivity contribution in [1.82, 2.24) is 0 Å². The summed E-state index contributed by atoms with van der Waals surface area (Å²) in [6.45, 7) is 2.54. The first-order valence-corrected chi connectivity index (χ1v) is 5.53. The minimum absolute atomic E-state index is 0.246. The Labute approximate surface area is 89.6 Å². The molecule has 0 amide bonds. The van der Waals surface area contributed by atoms with Gasteiger partial charge in [0.15, 0.2) is 0 Å². The summed E-state index contributed by atoms with van der Waals surface area (Å²) in [6, 6.07) is 8.44. The van der Waals surface area contributed by atoms with E-state index in [1.54, 1.807) is 0 Å². The quantitative estimate of drug-likeness (QED) is 0.734. The topological polar surface area (TPSA) is 21.7 Å². The average Bonchev–Trinajstić information content (AvgIpc) is 2.89. The summed E-state index contributed by atoms with van der Waals surface area (Å²) >= 11 is 0. The Kier molecular flexibility index (Phi) is 2.35. The summed E-state index contributed by atoms with van der Waals surface area (Å²) in [6.07, 6.45) is 2.35. The minimum atomic E-state index is 0.246. The van der Waals surface area contributed by atoms with Gasteiger partial charge >= 0.3 is 0 Å². The molecule has 2 aliphatic heterocycles. The number of anilines is 1. The van der Waals surface area contributed by atoms with Crippen molar-refractivity contribution < 1.29 is 9.57 Å². The zero-order valence-electron chi connectivity index (χ0n) is 8.69. The molecule has 3 heteroatoms. The Morgan fingerprint density at radius 2 is 2.27 bits per heavy atom. The summed E-state index contributed by atoms with van der Waals surface area (Å²) < 4.78 is 5.30. The van der Waals surface area contributed by atoms with Gasteiger partial charge in [-0.15, -0.1) is 0 Å². The van der Waals surface area contributed by atoms with Crippen LogP contribution in [0.3, 0.4) is 0 Å². The molecule has 0 saturated carbocycles. The van der Waals surface area contributed by atoms with Gasteiger partial charge in [0.1, 0.15) is 6.10 Å². The zero-order valence-corrected chi connectivity index (χ0v) is 8.69. The lowest BCUT2D eigenvalue weighted by molar-refractivity contribution is 0.0279. The van der Waals surface area contributed by atoms with Crippen LogP contribution in [0.2, 0.25) is 0 Å². The molecule has 3 nitrogen and oxygen atoms in total. The van der Waals surface area contributed by atoms with Crippen molar-refractivity contribution in [3.63, 3.8) is 0 Å². The standard InChI is InChI=1S/C12H15NO2/c1-2-4-12-10(3-1)5-7-13(12)15-11-6-8-14-9-11/h1-4,11H,5-9H2. The third kappa shape index (κ3) is 1.73. The molecule has 0 radical (unpaired) electrons. The number of para-hydroxylation sites is 1. The van der Waals surface area contributed by atoms with Crippen LogP contribution in [0.4, 0.5) is 5.69 Å². The molecule has 1 aromatic rings. The summed E-state index contributed by atoms with van der Waals surface area (Å²) in [7, 11) is 0. The first-order valence-electron chi connectivity index (χ1n) is 5.53. The van der Waals surface area contributed by atoms with E-state index in [2.05, 4.69) is 24.3 Å². The van der Waals surface area contributed by atoms with E-state index in [1.165, 1.54) is 11.3 Å². The number of nitrogens with zero attached hydrogens (tertiary/aromatic N) is 1. The molecule has 0 N–H and O–H groups in total. The van der Waals surface area contributed by atoms with Crippen LogP contribution in [0.5, 0.6) is 0 Å². The average molecular weight is 205 g/mol. The van der Waals surface area contributed by atoms with Gasteiger partial charge in [-0.2, -0.15) is 0 Å². The van der Waals surface area contributed by atoms with Gasteiger partial charge in [0.05, 0.1) is 12.3 Å². The number of hydroxylamine groups is 1. The van der Waals surface area contributed by atoms with E-state index in [9.17, 15) is 0 Å². The van der Waals surface area contributed by atoms with Crippen molar-refractivity contribution >= 4 is 5.69 Å². The van der Waals surface area contributed by atoms with Crippen molar-refractivity contribution in [2.24, 2.45) is 0 Å². The SMILES string of the molecule is c1ccc2c(c1)CCN2OC1CCOC1. The van der Waals surface area contributed by atoms with Crippen molar-refractivity contribution in [3.05, 3.63) is 29.8 Å². The van der Waals surface area contributed by atoms with Gasteiger partial charge in [-0.05, 0) is 18.1 Å². The Morgan fingerprint density at radius 3 is 3.13 bits per heavy atom. The monoisotopic (exact) mass is 205 g/mol. The van der Waals surface area contributed by atoms with E-state index >= 15 is 0 Å². The molecular formula is C12H15NO2. The van der Waals surface area contributed by atoms with Crippen LogP contribution in [-0.4, -0.2) is 25.9 Å². The van der Waals surface area contributed by atoms with E-state index < -0.39 is 0 Å². The summed E-state index contributed by atoms with van der Waals surface area (Å²) in [5, 5.41) is 2.02. The van der Waals surface area contributed by atoms with Crippen LogP contribution in [0, 0.1) is 0 Å². The first kappa shape index (κ1) is 9.19. The van der Waals surface area contributed by atoms with Crippen molar-refractivity contribution in [2.75, 3.05) is 24.8 Å². The normalized spacial score (nSPS) is 24.5. The Hall–Kier alpha value is -1.06. The maximum absolute atomic E-state index is 5.91. The van der Waals surface area contributed by atoms with Gasteiger partial charge in [0.2, 0.25) is 0 Å². The highest BCUT2D eigenvalue weighted by Crippen LogP contribution is 2.28. The summed E-state index contributed by atoms with van der Waals surface area (Å²) in [5.41, 5.74) is 2.61. The summed E-state index contributed by atoms with van der Waals surface area (Å²) in [5.74, 6) is 0. The van der Waals surface area contributed by atoms with Gasteiger partial charge in [0.25, 0.3) is 0 Å². The summed E-state index contributed by atoms with van der Waals surface area (Å²) in [4.78, 5) is 5.91. The molecule has 1 aromatic carbocycles. The first-order chi connectivity index (χ1) is 7.43. The van der Waals surface area contributed by atoms with Gasteiger partial charge in [-0.3, -0.25) is 9.90 Å². The van der Waals surface area contributed by atoms with Crippen molar-refractivity contribution in [2.45, 2.75) is 18.9 Å². The van der Waals surface area contributed by atoms with Crippen LogP contribution in [0.25, 0.3) is 0 Å². The van der Waals surface area contributed by atoms with Crippen LogP contribution in [-0.2, 0) is 16.0 Å². The highest BCUT2D eigenvalue weighted by atomic mass is 16.7. The van der Waals surface area contributed by atoms with E-state index in [0.717, 1.165) is 32.6 Å². The number of fused-ring (bicyclic) bond motifs is 1. The highest BCUT2D eigenvalue weighted by molar-refractivity contribution is 5.55. The van der Waals surface area contributed by atoms with E-state index in [4.69, 9.17) is 9.57 Å². The lowest BCUT2D eigenvalue weighted by Gasteiger charge is -2.22. The third-order valence-corrected chi connectivity index (χ3v) is 3.01. The smallest absolute Gasteiger partial charge is 0.111 e. The molecule has 0 aliphatic carbocycles. The predicted octanol–water partition coefficient (Wildman–Crippen LogP) is 1.77. The number of benzene rings is 1. The van der Waals surface area contributed by atoms with Gasteiger partial charge in [-0.25, -0.2) is 0 Å². The second-order valence-corrected chi connectivity index (χ2v) is 4.07. The Bertz CT molecular complexity index is 347. The number of hydrogen-bond donors (Lipinski definition) is 0. The zero-order chi connectivity index (χ0) is 10.1. The molecule has 2 heterocycles. The van der Waals surface area contributed by atoms with E-state index in [-0.39, 0.29) is 6.10 Å². The fraction of sp³-hybridized carbons (Fsp3) is 0.500. The molecule has 15 heavy (non-hydrogen) atoms. The van der Waals surface area contributed by atoms with Crippen molar-refractivity contribution in [1.29, 1.82) is 0 Å². The predicted molar refractivity (Wildman–Crippen MR) is 57.8 cm³/mol. The Morgan fingerprint density at radius 1 is 1.33 bits per heavy atom. The van der Waals surface area contributed by atoms with E-state index in [1.807, 2.05) is 5.06 Å². The third-order valence-electron chi connectivity index (χ3n) is 3.01. The minimum Gasteiger partial charge on any atom is -0.379 e. The fourth-order valence-corrected chi connectivity index (χ4v) is 2.19. The second kappa shape index (κ2) is 3.83. The largest absolute Gasteiger partial charge is 0.379 e. The molecule has 1 atom stereocenters. The second-order valence-electron chi connectivity index (χ2n) is 4.07. The van der Waals surface area contributed by atoms with Gasteiger partial charge < -0.3 is 4.74 Å². The molecule has 0 spiro atoms. The Balaban J connectivity index is 1.73. The molecular weight excluding hydrogens is 190 g/mol. The van der Waals surface area contributed by atoms with Gasteiger partial charge in [-0.1, -0.05) is 18.2 Å². The molecule has 2 aliphatic rings. The lowest BCUT2D eigenvalue weighted by Crippen LogP contribution is -2.28. The number of ether oxygens (including phenoxy) is 1. The molecule has 1 saturated heterocycles. The molecule has 0 aromatic heterocycles. The number of hydrogen-bond acceptors (Lipinski definition) is 3. The fourth-order valence-electron chi connectivity index (χ4n) is 2.19. The van der Waals surface area contributed by atoms with E-state index in [0.29, 0.717) is 0 Å². The van der Waals surface area contributed by atoms with Crippen LogP contribution in [0.1, 0.15) is 12.0 Å². The highest BCUT2D eigenvalue weighted by Gasteiger charge is 2.24. The molecule has 1 unspecified atom stereocenters. The van der Waals surface area contributed by atoms with Crippen molar-refractivity contribution in [3.8, 4) is 0 Å². The molecule has 80 valence electrons. The van der Waals surface area contributed by atoms with Crippen LogP contribution < -0.4 is 5.06 Å².